The van der Waals surface area contributed by atoms with Crippen LogP contribution in [0, 0.1) is 0 Å². The molecule has 1 aliphatic rings. The lowest BCUT2D eigenvalue weighted by atomic mass is 9.86. The van der Waals surface area contributed by atoms with Crippen molar-refractivity contribution >= 4 is 17.3 Å². The van der Waals surface area contributed by atoms with Crippen molar-refractivity contribution in [1.29, 1.82) is 0 Å². The van der Waals surface area contributed by atoms with E-state index in [1.807, 2.05) is 23.9 Å². The number of ether oxygens (including phenoxy) is 1. The molecule has 0 N–H and O–H groups in total. The Kier molecular flexibility index (Phi) is 4.85. The Labute approximate surface area is 159 Å². The van der Waals surface area contributed by atoms with Gasteiger partial charge in [0.2, 0.25) is 0 Å². The zero-order chi connectivity index (χ0) is 17.8. The molecule has 0 fully saturated rings. The molecule has 0 radical (unpaired) electrons. The molecule has 0 saturated heterocycles. The molecule has 3 aromatic carbocycles. The van der Waals surface area contributed by atoms with E-state index in [1.165, 1.54) is 22.3 Å². The third-order valence-electron chi connectivity index (χ3n) is 5.05. The van der Waals surface area contributed by atoms with Gasteiger partial charge >= 0.3 is 0 Å². The zero-order valence-electron chi connectivity index (χ0n) is 14.9. The van der Waals surface area contributed by atoms with Crippen molar-refractivity contribution in [1.82, 2.24) is 0 Å². The number of thioether (sulfide) groups is 1. The predicted molar refractivity (Wildman–Crippen MR) is 112 cm³/mol. The molecule has 0 spiro atoms. The Morgan fingerprint density at radius 1 is 0.769 bits per heavy atom. The lowest BCUT2D eigenvalue weighted by Gasteiger charge is -2.37. The average molecular weight is 359 g/mol. The van der Waals surface area contributed by atoms with Gasteiger partial charge in [-0.25, -0.2) is 0 Å². The lowest BCUT2D eigenvalue weighted by Crippen LogP contribution is -2.26. The fourth-order valence-corrected chi connectivity index (χ4v) is 5.07. The normalized spacial score (nSPS) is 16.0. The second-order valence-electron chi connectivity index (χ2n) is 6.51. The highest BCUT2D eigenvalue weighted by atomic mass is 32.2. The molecular formula is C24H22OS. The first kappa shape index (κ1) is 17.0. The van der Waals surface area contributed by atoms with Crippen LogP contribution in [0.2, 0.25) is 0 Å². The van der Waals surface area contributed by atoms with Crippen molar-refractivity contribution in [2.75, 3.05) is 12.9 Å². The SMILES string of the molecule is COc1ccc(C2=CCC(c3ccccc3)(c3ccccc3)SC2)cc1. The largest absolute Gasteiger partial charge is 0.497 e. The van der Waals surface area contributed by atoms with Crippen LogP contribution < -0.4 is 4.74 Å². The quantitative estimate of drug-likeness (QED) is 0.552. The second-order valence-corrected chi connectivity index (χ2v) is 7.78. The number of benzene rings is 3. The third-order valence-corrected chi connectivity index (χ3v) is 6.64. The van der Waals surface area contributed by atoms with Crippen molar-refractivity contribution in [3.05, 3.63) is 108 Å². The summed E-state index contributed by atoms with van der Waals surface area (Å²) >= 11 is 2.03. The molecule has 4 rings (SSSR count). The van der Waals surface area contributed by atoms with E-state index in [9.17, 15) is 0 Å². The summed E-state index contributed by atoms with van der Waals surface area (Å²) in [7, 11) is 1.71. The Hall–Kier alpha value is -2.45. The Morgan fingerprint density at radius 3 is 1.81 bits per heavy atom. The molecule has 0 amide bonds. The monoisotopic (exact) mass is 358 g/mol. The van der Waals surface area contributed by atoms with Gasteiger partial charge in [0.1, 0.15) is 5.75 Å². The van der Waals surface area contributed by atoms with Gasteiger partial charge < -0.3 is 4.74 Å². The Balaban J connectivity index is 1.71. The molecule has 0 aromatic heterocycles. The third kappa shape index (κ3) is 3.17. The van der Waals surface area contributed by atoms with Crippen LogP contribution in [-0.2, 0) is 4.75 Å². The second kappa shape index (κ2) is 7.43. The van der Waals surface area contributed by atoms with Crippen molar-refractivity contribution in [3.8, 4) is 5.75 Å². The summed E-state index contributed by atoms with van der Waals surface area (Å²) < 4.78 is 5.27. The molecule has 0 saturated carbocycles. The van der Waals surface area contributed by atoms with E-state index in [4.69, 9.17) is 4.74 Å². The molecule has 3 aromatic rings. The molecule has 1 aliphatic heterocycles. The van der Waals surface area contributed by atoms with Gasteiger partial charge in [0.25, 0.3) is 0 Å². The van der Waals surface area contributed by atoms with E-state index >= 15 is 0 Å². The van der Waals surface area contributed by atoms with Crippen LogP contribution in [0.5, 0.6) is 5.75 Å². The van der Waals surface area contributed by atoms with Crippen LogP contribution in [0.3, 0.4) is 0 Å². The topological polar surface area (TPSA) is 9.23 Å². The maximum atomic E-state index is 5.28. The van der Waals surface area contributed by atoms with Gasteiger partial charge in [-0.2, -0.15) is 0 Å². The fraction of sp³-hybridized carbons (Fsp3) is 0.167. The minimum Gasteiger partial charge on any atom is -0.497 e. The van der Waals surface area contributed by atoms with Crippen LogP contribution >= 0.6 is 11.8 Å². The summed E-state index contributed by atoms with van der Waals surface area (Å²) in [6, 6.07) is 30.2. The number of rotatable bonds is 4. The van der Waals surface area contributed by atoms with E-state index < -0.39 is 0 Å². The van der Waals surface area contributed by atoms with Gasteiger partial charge in [-0.1, -0.05) is 78.9 Å². The maximum Gasteiger partial charge on any atom is 0.118 e. The van der Waals surface area contributed by atoms with Crippen LogP contribution in [-0.4, -0.2) is 12.9 Å². The molecular weight excluding hydrogens is 336 g/mol. The minimum atomic E-state index is -0.0154. The van der Waals surface area contributed by atoms with E-state index in [-0.39, 0.29) is 4.75 Å². The zero-order valence-corrected chi connectivity index (χ0v) is 15.7. The highest BCUT2D eigenvalue weighted by Gasteiger charge is 2.36. The average Bonchev–Trinajstić information content (AvgIpc) is 2.75. The van der Waals surface area contributed by atoms with Gasteiger partial charge in [-0.15, -0.1) is 11.8 Å². The molecule has 1 nitrogen and oxygen atoms in total. The summed E-state index contributed by atoms with van der Waals surface area (Å²) in [5.41, 5.74) is 5.44. The maximum absolute atomic E-state index is 5.28. The molecule has 0 bridgehead atoms. The van der Waals surface area contributed by atoms with E-state index in [0.717, 1.165) is 17.9 Å². The molecule has 0 atom stereocenters. The van der Waals surface area contributed by atoms with Crippen LogP contribution in [0.15, 0.2) is 91.0 Å². The first-order chi connectivity index (χ1) is 12.8. The van der Waals surface area contributed by atoms with Gasteiger partial charge in [0.05, 0.1) is 11.9 Å². The molecule has 1 heterocycles. The van der Waals surface area contributed by atoms with Crippen molar-refractivity contribution in [3.63, 3.8) is 0 Å². The first-order valence-electron chi connectivity index (χ1n) is 8.90. The van der Waals surface area contributed by atoms with Gasteiger partial charge in [0.15, 0.2) is 0 Å². The number of hydrogen-bond acceptors (Lipinski definition) is 2. The van der Waals surface area contributed by atoms with E-state index in [2.05, 4.69) is 78.9 Å². The summed E-state index contributed by atoms with van der Waals surface area (Å²) in [5, 5.41) is 0. The minimum absolute atomic E-state index is 0.0154. The van der Waals surface area contributed by atoms with Crippen molar-refractivity contribution in [2.45, 2.75) is 11.2 Å². The van der Waals surface area contributed by atoms with E-state index in [1.54, 1.807) is 7.11 Å². The molecule has 0 unspecified atom stereocenters. The summed E-state index contributed by atoms with van der Waals surface area (Å²) in [4.78, 5) is 0. The number of methoxy groups -OCH3 is 1. The Bertz CT molecular complexity index is 843. The van der Waals surface area contributed by atoms with Crippen LogP contribution in [0.25, 0.3) is 5.57 Å². The number of allylic oxidation sites excluding steroid dienone is 1. The predicted octanol–water partition coefficient (Wildman–Crippen LogP) is 6.16. The number of hydrogen-bond donors (Lipinski definition) is 0. The fourth-order valence-electron chi connectivity index (χ4n) is 3.58. The van der Waals surface area contributed by atoms with Crippen LogP contribution in [0.1, 0.15) is 23.1 Å². The van der Waals surface area contributed by atoms with E-state index in [0.29, 0.717) is 0 Å². The summed E-state index contributed by atoms with van der Waals surface area (Å²) in [6.45, 7) is 0. The summed E-state index contributed by atoms with van der Waals surface area (Å²) in [6.07, 6.45) is 3.41. The standard InChI is InChI=1S/C24H22OS/c1-25-23-14-12-19(13-15-23)20-16-17-24(26-18-20,21-8-4-2-5-9-21)22-10-6-3-7-11-22/h2-16H,17-18H2,1H3. The molecule has 2 heteroatoms. The summed E-state index contributed by atoms with van der Waals surface area (Å²) in [5.74, 6) is 1.90. The van der Waals surface area contributed by atoms with Crippen molar-refractivity contribution in [2.24, 2.45) is 0 Å². The molecule has 130 valence electrons. The lowest BCUT2D eigenvalue weighted by molar-refractivity contribution is 0.415. The smallest absolute Gasteiger partial charge is 0.118 e. The highest BCUT2D eigenvalue weighted by molar-refractivity contribution is 8.00. The van der Waals surface area contributed by atoms with Crippen molar-refractivity contribution < 1.29 is 4.74 Å². The van der Waals surface area contributed by atoms with Gasteiger partial charge in [-0.05, 0) is 40.8 Å². The van der Waals surface area contributed by atoms with Gasteiger partial charge in [0, 0.05) is 5.75 Å². The van der Waals surface area contributed by atoms with Gasteiger partial charge in [-0.3, -0.25) is 0 Å². The Morgan fingerprint density at radius 2 is 1.35 bits per heavy atom. The molecule has 0 aliphatic carbocycles. The van der Waals surface area contributed by atoms with Crippen LogP contribution in [0.4, 0.5) is 0 Å². The molecule has 26 heavy (non-hydrogen) atoms. The first-order valence-corrected chi connectivity index (χ1v) is 9.89. The highest BCUT2D eigenvalue weighted by Crippen LogP contribution is 2.50.